The molecule has 1 saturated heterocycles. The maximum Gasteiger partial charge on any atom is 0.350 e. The highest BCUT2D eigenvalue weighted by molar-refractivity contribution is 7.99. The van der Waals surface area contributed by atoms with E-state index in [0.29, 0.717) is 28.7 Å². The van der Waals surface area contributed by atoms with Gasteiger partial charge in [0.05, 0.1) is 16.6 Å². The van der Waals surface area contributed by atoms with Gasteiger partial charge in [0.15, 0.2) is 0 Å². The van der Waals surface area contributed by atoms with Crippen molar-refractivity contribution in [3.63, 3.8) is 0 Å². The Morgan fingerprint density at radius 1 is 1.18 bits per heavy atom. The van der Waals surface area contributed by atoms with Crippen LogP contribution in [0.15, 0.2) is 34.0 Å². The highest BCUT2D eigenvalue weighted by atomic mass is 35.5. The first-order valence-electron chi connectivity index (χ1n) is 11.1. The van der Waals surface area contributed by atoms with E-state index in [4.69, 9.17) is 16.9 Å². The number of aryl methyl sites for hydroxylation is 1. The predicted molar refractivity (Wildman–Crippen MR) is 135 cm³/mol. The number of nitrogens with one attached hydrogen (secondary N) is 1. The van der Waals surface area contributed by atoms with E-state index >= 15 is 0 Å². The monoisotopic (exact) mass is 505 g/mol. The molecule has 0 aliphatic carbocycles. The molecule has 3 aromatic rings. The van der Waals surface area contributed by atoms with Crippen LogP contribution < -0.4 is 15.9 Å². The van der Waals surface area contributed by atoms with E-state index in [-0.39, 0.29) is 11.3 Å². The number of nitriles is 1. The minimum Gasteiger partial charge on any atom is -0.353 e. The van der Waals surface area contributed by atoms with Gasteiger partial charge in [-0.05, 0) is 18.2 Å². The largest absolute Gasteiger partial charge is 0.353 e. The summed E-state index contributed by atoms with van der Waals surface area (Å²) in [7, 11) is 0. The van der Waals surface area contributed by atoms with E-state index in [2.05, 4.69) is 15.2 Å². The quantitative estimate of drug-likeness (QED) is 0.524. The number of halogens is 3. The Hall–Kier alpha value is -2.67. The molecule has 1 aromatic heterocycles. The smallest absolute Gasteiger partial charge is 0.350 e. The third-order valence-electron chi connectivity index (χ3n) is 5.33. The molecular weight excluding hydrogens is 480 g/mol. The Labute approximate surface area is 206 Å². The third-order valence-corrected chi connectivity index (χ3v) is 6.70. The molecule has 3 heterocycles. The summed E-state index contributed by atoms with van der Waals surface area (Å²) >= 11 is 8.17. The number of anilines is 1. The SMILES string of the molecule is CC.CC#N.O=c1nc(N2CCNCC2)c2cc(Cl)c(-c3ccc(F)cc3F)c3c2n1CCS3. The zero-order valence-electron chi connectivity index (χ0n) is 19.3. The van der Waals surface area contributed by atoms with E-state index in [1.54, 1.807) is 16.7 Å². The molecule has 10 heteroatoms. The molecule has 0 saturated carbocycles. The van der Waals surface area contributed by atoms with Crippen molar-refractivity contribution >= 4 is 40.1 Å². The Morgan fingerprint density at radius 3 is 2.50 bits per heavy atom. The Bertz CT molecular complexity index is 1290. The molecular formula is C24H26ClF2N5OS. The fourth-order valence-electron chi connectivity index (χ4n) is 4.01. The molecule has 0 spiro atoms. The van der Waals surface area contributed by atoms with Crippen molar-refractivity contribution in [2.24, 2.45) is 0 Å². The Kier molecular flexibility index (Phi) is 8.89. The molecule has 0 bridgehead atoms. The van der Waals surface area contributed by atoms with E-state index in [1.165, 1.54) is 30.8 Å². The van der Waals surface area contributed by atoms with Crippen molar-refractivity contribution in [1.82, 2.24) is 14.9 Å². The summed E-state index contributed by atoms with van der Waals surface area (Å²) in [5, 5.41) is 11.7. The molecule has 0 atom stereocenters. The molecule has 1 N–H and O–H groups in total. The molecule has 6 nitrogen and oxygen atoms in total. The van der Waals surface area contributed by atoms with Crippen LogP contribution in [0.4, 0.5) is 14.6 Å². The lowest BCUT2D eigenvalue weighted by Crippen LogP contribution is -2.45. The average Bonchev–Trinajstić information content (AvgIpc) is 2.84. The molecule has 2 aromatic carbocycles. The lowest BCUT2D eigenvalue weighted by molar-refractivity contribution is 0.583. The summed E-state index contributed by atoms with van der Waals surface area (Å²) in [5.41, 5.74) is 1.12. The summed E-state index contributed by atoms with van der Waals surface area (Å²) in [6.07, 6.45) is 0. The zero-order chi connectivity index (χ0) is 24.8. The van der Waals surface area contributed by atoms with Crippen LogP contribution in [0.25, 0.3) is 22.0 Å². The number of aromatic nitrogens is 2. The molecule has 0 unspecified atom stereocenters. The van der Waals surface area contributed by atoms with Crippen LogP contribution in [0.2, 0.25) is 5.02 Å². The normalized spacial score (nSPS) is 14.4. The molecule has 34 heavy (non-hydrogen) atoms. The summed E-state index contributed by atoms with van der Waals surface area (Å²) in [6.45, 7) is 9.04. The number of hydrogen-bond acceptors (Lipinski definition) is 6. The van der Waals surface area contributed by atoms with E-state index in [0.717, 1.165) is 48.0 Å². The van der Waals surface area contributed by atoms with Gasteiger partial charge in [0.25, 0.3) is 0 Å². The van der Waals surface area contributed by atoms with Gasteiger partial charge in [-0.25, -0.2) is 13.6 Å². The minimum absolute atomic E-state index is 0.224. The van der Waals surface area contributed by atoms with Crippen molar-refractivity contribution in [2.45, 2.75) is 32.2 Å². The van der Waals surface area contributed by atoms with Crippen molar-refractivity contribution in [1.29, 1.82) is 5.26 Å². The standard InChI is InChI=1S/C20H17ClF2N4OS.C2H3N.C2H6/c21-14-10-13-17-18(16(14)12-2-1-11(22)9-15(12)23)29-8-7-27(17)20(28)25-19(13)26-5-3-24-4-6-26;1-2-3;1-2/h1-2,9-10,24H,3-8H2;1H3;1-2H3. The van der Waals surface area contributed by atoms with Crippen LogP contribution in [0.3, 0.4) is 0 Å². The summed E-state index contributed by atoms with van der Waals surface area (Å²) < 4.78 is 29.7. The molecule has 2 aliphatic heterocycles. The third kappa shape index (κ3) is 5.04. The van der Waals surface area contributed by atoms with Gasteiger partial charge in [-0.2, -0.15) is 10.2 Å². The van der Waals surface area contributed by atoms with Crippen LogP contribution in [-0.4, -0.2) is 41.5 Å². The second kappa shape index (κ2) is 11.6. The minimum atomic E-state index is -0.682. The van der Waals surface area contributed by atoms with Crippen molar-refractivity contribution < 1.29 is 8.78 Å². The maximum atomic E-state index is 14.6. The van der Waals surface area contributed by atoms with E-state index in [1.807, 2.05) is 13.8 Å². The first-order valence-corrected chi connectivity index (χ1v) is 12.4. The second-order valence-corrected chi connectivity index (χ2v) is 8.77. The summed E-state index contributed by atoms with van der Waals surface area (Å²) in [4.78, 5) is 20.0. The van der Waals surface area contributed by atoms with Gasteiger partial charge in [-0.15, -0.1) is 11.8 Å². The van der Waals surface area contributed by atoms with Gasteiger partial charge in [0, 0.05) is 72.9 Å². The average molecular weight is 506 g/mol. The lowest BCUT2D eigenvalue weighted by Gasteiger charge is -2.31. The topological polar surface area (TPSA) is 73.9 Å². The number of nitrogens with zero attached hydrogens (tertiary/aromatic N) is 4. The Morgan fingerprint density at radius 2 is 1.85 bits per heavy atom. The number of piperazine rings is 1. The lowest BCUT2D eigenvalue weighted by atomic mass is 10.0. The van der Waals surface area contributed by atoms with E-state index < -0.39 is 11.6 Å². The predicted octanol–water partition coefficient (Wildman–Crippen LogP) is 5.07. The fraction of sp³-hybridized carbons (Fsp3) is 0.375. The molecule has 5 rings (SSSR count). The van der Waals surface area contributed by atoms with Crippen molar-refractivity contribution in [3.8, 4) is 17.2 Å². The maximum absolute atomic E-state index is 14.6. The van der Waals surface area contributed by atoms with Crippen LogP contribution in [0.1, 0.15) is 20.8 Å². The van der Waals surface area contributed by atoms with Crippen LogP contribution in [0, 0.1) is 23.0 Å². The number of thioether (sulfide) groups is 1. The van der Waals surface area contributed by atoms with Gasteiger partial charge in [-0.1, -0.05) is 25.4 Å². The molecule has 1 fully saturated rings. The molecule has 0 radical (unpaired) electrons. The number of hydrogen-bond donors (Lipinski definition) is 1. The van der Waals surface area contributed by atoms with E-state index in [9.17, 15) is 13.6 Å². The zero-order valence-corrected chi connectivity index (χ0v) is 20.9. The highest BCUT2D eigenvalue weighted by Gasteiger charge is 2.27. The van der Waals surface area contributed by atoms with Crippen LogP contribution in [-0.2, 0) is 6.54 Å². The first-order chi connectivity index (χ1) is 16.5. The highest BCUT2D eigenvalue weighted by Crippen LogP contribution is 2.46. The van der Waals surface area contributed by atoms with Gasteiger partial charge in [0.2, 0.25) is 0 Å². The molecule has 0 amide bonds. The second-order valence-electron chi connectivity index (χ2n) is 7.26. The summed E-state index contributed by atoms with van der Waals surface area (Å²) in [5.74, 6) is -0.0719. The van der Waals surface area contributed by atoms with Gasteiger partial charge < -0.3 is 10.2 Å². The molecule has 2 aliphatic rings. The van der Waals surface area contributed by atoms with Crippen LogP contribution >= 0.6 is 23.4 Å². The van der Waals surface area contributed by atoms with Gasteiger partial charge >= 0.3 is 5.69 Å². The van der Waals surface area contributed by atoms with Gasteiger partial charge in [0.1, 0.15) is 17.5 Å². The molecule has 180 valence electrons. The van der Waals surface area contributed by atoms with Crippen molar-refractivity contribution in [3.05, 3.63) is 51.4 Å². The fourth-order valence-corrected chi connectivity index (χ4v) is 5.57. The Balaban J connectivity index is 0.000000603. The summed E-state index contributed by atoms with van der Waals surface area (Å²) in [6, 6.07) is 6.96. The van der Waals surface area contributed by atoms with Crippen molar-refractivity contribution in [2.75, 3.05) is 36.8 Å². The number of benzene rings is 2. The first kappa shape index (κ1) is 25.9. The number of rotatable bonds is 2. The van der Waals surface area contributed by atoms with Crippen LogP contribution in [0.5, 0.6) is 0 Å². The van der Waals surface area contributed by atoms with Gasteiger partial charge in [-0.3, -0.25) is 4.57 Å².